The molecule has 0 fully saturated rings. The Bertz CT molecular complexity index is 593. The first-order valence-corrected chi connectivity index (χ1v) is 6.22. The normalized spacial score (nSPS) is 10.6. The molecule has 0 aliphatic carbocycles. The third-order valence-corrected chi connectivity index (χ3v) is 2.93. The lowest BCUT2D eigenvalue weighted by molar-refractivity contribution is 0.132. The van der Waals surface area contributed by atoms with E-state index in [1.54, 1.807) is 12.1 Å². The van der Waals surface area contributed by atoms with E-state index in [1.807, 2.05) is 42.5 Å². The third kappa shape index (κ3) is 3.70. The van der Waals surface area contributed by atoms with Crippen molar-refractivity contribution >= 4 is 23.9 Å². The van der Waals surface area contributed by atoms with Gasteiger partial charge < -0.3 is 4.84 Å². The Labute approximate surface area is 118 Å². The maximum Gasteiger partial charge on any atom is 0.142 e. The zero-order chi connectivity index (χ0) is 13.5. The van der Waals surface area contributed by atoms with Gasteiger partial charge in [0.05, 0.1) is 5.02 Å². The van der Waals surface area contributed by atoms with Crippen LogP contribution in [0.2, 0.25) is 5.02 Å². The molecule has 19 heavy (non-hydrogen) atoms. The van der Waals surface area contributed by atoms with E-state index in [0.717, 1.165) is 11.1 Å². The maximum atomic E-state index is 5.98. The highest BCUT2D eigenvalue weighted by molar-refractivity contribution is 6.33. The second-order valence-corrected chi connectivity index (χ2v) is 4.27. The molecule has 0 amide bonds. The van der Waals surface area contributed by atoms with Crippen LogP contribution in [0, 0.1) is 0 Å². The molecule has 95 valence electrons. The maximum absolute atomic E-state index is 5.98. The van der Waals surface area contributed by atoms with Gasteiger partial charge in [0, 0.05) is 5.56 Å². The second-order valence-electron chi connectivity index (χ2n) is 3.86. The van der Waals surface area contributed by atoms with Crippen molar-refractivity contribution in [1.29, 1.82) is 0 Å². The molecular weight excluding hydrogens is 258 g/mol. The first kappa shape index (κ1) is 13.4. The molecule has 0 spiro atoms. The number of rotatable bonds is 5. The quantitative estimate of drug-likeness (QED) is 0.582. The lowest BCUT2D eigenvalue weighted by Crippen LogP contribution is -1.91. The van der Waals surface area contributed by atoms with Gasteiger partial charge in [-0.2, -0.15) is 0 Å². The lowest BCUT2D eigenvalue weighted by atomic mass is 10.1. The molecule has 0 saturated heterocycles. The van der Waals surface area contributed by atoms with Gasteiger partial charge in [-0.25, -0.2) is 0 Å². The number of hydrogen-bond donors (Lipinski definition) is 0. The van der Waals surface area contributed by atoms with E-state index in [2.05, 4.69) is 17.9 Å². The molecular formula is C16H13ClNO. The summed E-state index contributed by atoms with van der Waals surface area (Å²) in [7, 11) is 0. The van der Waals surface area contributed by atoms with Crippen molar-refractivity contribution in [1.82, 2.24) is 0 Å². The van der Waals surface area contributed by atoms with Crippen LogP contribution in [-0.2, 0) is 11.4 Å². The van der Waals surface area contributed by atoms with E-state index in [0.29, 0.717) is 17.2 Å². The number of benzene rings is 2. The predicted molar refractivity (Wildman–Crippen MR) is 79.3 cm³/mol. The van der Waals surface area contributed by atoms with Crippen molar-refractivity contribution in [2.24, 2.45) is 5.16 Å². The van der Waals surface area contributed by atoms with E-state index in [9.17, 15) is 0 Å². The van der Waals surface area contributed by atoms with Gasteiger partial charge >= 0.3 is 0 Å². The van der Waals surface area contributed by atoms with Gasteiger partial charge in [0.15, 0.2) is 0 Å². The van der Waals surface area contributed by atoms with Crippen LogP contribution in [0.4, 0.5) is 0 Å². The van der Waals surface area contributed by atoms with Gasteiger partial charge in [-0.3, -0.25) is 0 Å². The highest BCUT2D eigenvalue weighted by atomic mass is 35.5. The van der Waals surface area contributed by atoms with Crippen LogP contribution in [0.15, 0.2) is 60.3 Å². The molecule has 0 atom stereocenters. The number of nitrogens with zero attached hydrogens (tertiary/aromatic N) is 1. The standard InChI is InChI=1S/C16H13ClNO/c1-2-13-7-3-4-9-15(13)12-19-18-11-14-8-5-6-10-16(14)17/h2-10H,1,12H2. The smallest absolute Gasteiger partial charge is 0.142 e. The Morgan fingerprint density at radius 3 is 2.68 bits per heavy atom. The summed E-state index contributed by atoms with van der Waals surface area (Å²) in [6, 6.07) is 15.2. The molecule has 0 aromatic heterocycles. The number of halogens is 1. The molecule has 0 aliphatic heterocycles. The van der Waals surface area contributed by atoms with Crippen molar-refractivity contribution in [2.45, 2.75) is 6.61 Å². The zero-order valence-corrected chi connectivity index (χ0v) is 11.1. The average molecular weight is 271 g/mol. The summed E-state index contributed by atoms with van der Waals surface area (Å²) in [6.45, 7) is 4.13. The van der Waals surface area contributed by atoms with Crippen LogP contribution in [0.3, 0.4) is 0 Å². The van der Waals surface area contributed by atoms with Gasteiger partial charge in [-0.05, 0) is 17.2 Å². The summed E-state index contributed by atoms with van der Waals surface area (Å²) in [5.41, 5.74) is 2.78. The third-order valence-electron chi connectivity index (χ3n) is 2.60. The first-order chi connectivity index (χ1) is 9.31. The summed E-state index contributed by atoms with van der Waals surface area (Å²) in [4.78, 5) is 5.23. The van der Waals surface area contributed by atoms with E-state index >= 15 is 0 Å². The van der Waals surface area contributed by atoms with Gasteiger partial charge in [0.2, 0.25) is 0 Å². The van der Waals surface area contributed by atoms with Gasteiger partial charge in [-0.15, -0.1) is 0 Å². The summed E-state index contributed by atoms with van der Waals surface area (Å²) < 4.78 is 0. The topological polar surface area (TPSA) is 21.6 Å². The average Bonchev–Trinajstić information content (AvgIpc) is 2.45. The summed E-state index contributed by atoms with van der Waals surface area (Å²) in [6.07, 6.45) is 4.56. The van der Waals surface area contributed by atoms with E-state index in [1.165, 1.54) is 0 Å². The van der Waals surface area contributed by atoms with Crippen molar-refractivity contribution in [3.05, 3.63) is 76.8 Å². The molecule has 0 saturated carbocycles. The van der Waals surface area contributed by atoms with Crippen molar-refractivity contribution in [3.8, 4) is 0 Å². The van der Waals surface area contributed by atoms with Crippen LogP contribution in [0.5, 0.6) is 0 Å². The van der Waals surface area contributed by atoms with E-state index in [-0.39, 0.29) is 0 Å². The largest absolute Gasteiger partial charge is 0.390 e. The minimum atomic E-state index is 0.375. The SMILES string of the molecule is C=Cc1ccccc1CO/N=[C]\c1ccccc1Cl. The molecule has 3 heteroatoms. The van der Waals surface area contributed by atoms with E-state index in [4.69, 9.17) is 16.4 Å². The monoisotopic (exact) mass is 270 g/mol. The van der Waals surface area contributed by atoms with E-state index < -0.39 is 0 Å². The Hall–Kier alpha value is -2.06. The molecule has 2 rings (SSSR count). The second kappa shape index (κ2) is 6.76. The fraction of sp³-hybridized carbons (Fsp3) is 0.0625. The Morgan fingerprint density at radius 1 is 1.16 bits per heavy atom. The van der Waals surface area contributed by atoms with Gasteiger partial charge in [-0.1, -0.05) is 71.9 Å². The minimum absolute atomic E-state index is 0.375. The summed E-state index contributed by atoms with van der Waals surface area (Å²) in [5, 5.41) is 4.40. The highest BCUT2D eigenvalue weighted by Crippen LogP contribution is 2.13. The number of hydrogen-bond acceptors (Lipinski definition) is 2. The minimum Gasteiger partial charge on any atom is -0.390 e. The molecule has 1 radical (unpaired) electrons. The molecule has 0 bridgehead atoms. The molecule has 0 N–H and O–H groups in total. The molecule has 0 heterocycles. The molecule has 2 aromatic carbocycles. The Morgan fingerprint density at radius 2 is 1.89 bits per heavy atom. The Balaban J connectivity index is 1.97. The van der Waals surface area contributed by atoms with Crippen LogP contribution in [0.25, 0.3) is 6.08 Å². The molecule has 0 aliphatic rings. The molecule has 2 aromatic rings. The van der Waals surface area contributed by atoms with Crippen LogP contribution >= 0.6 is 11.6 Å². The van der Waals surface area contributed by atoms with Crippen LogP contribution in [0.1, 0.15) is 16.7 Å². The lowest BCUT2D eigenvalue weighted by Gasteiger charge is -2.03. The summed E-state index contributed by atoms with van der Waals surface area (Å²) >= 11 is 5.98. The predicted octanol–water partition coefficient (Wildman–Crippen LogP) is 4.41. The van der Waals surface area contributed by atoms with Gasteiger partial charge in [0.1, 0.15) is 12.8 Å². The van der Waals surface area contributed by atoms with Crippen molar-refractivity contribution < 1.29 is 4.84 Å². The highest BCUT2D eigenvalue weighted by Gasteiger charge is 1.98. The molecule has 2 nitrogen and oxygen atoms in total. The van der Waals surface area contributed by atoms with Crippen LogP contribution in [-0.4, -0.2) is 6.21 Å². The van der Waals surface area contributed by atoms with Gasteiger partial charge in [0.25, 0.3) is 0 Å². The van der Waals surface area contributed by atoms with Crippen molar-refractivity contribution in [2.75, 3.05) is 0 Å². The fourth-order valence-corrected chi connectivity index (χ4v) is 1.78. The molecule has 0 unspecified atom stereocenters. The van der Waals surface area contributed by atoms with Crippen LogP contribution < -0.4 is 0 Å². The van der Waals surface area contributed by atoms with Crippen molar-refractivity contribution in [3.63, 3.8) is 0 Å². The first-order valence-electron chi connectivity index (χ1n) is 5.84. The summed E-state index contributed by atoms with van der Waals surface area (Å²) in [5.74, 6) is 0. The Kier molecular flexibility index (Phi) is 4.76. The fourth-order valence-electron chi connectivity index (χ4n) is 1.60. The zero-order valence-electron chi connectivity index (χ0n) is 10.3.